The van der Waals surface area contributed by atoms with Gasteiger partial charge in [-0.15, -0.1) is 0 Å². The lowest BCUT2D eigenvalue weighted by Gasteiger charge is -2.26. The molecule has 5 heteroatoms. The minimum absolute atomic E-state index is 0.0638. The summed E-state index contributed by atoms with van der Waals surface area (Å²) in [7, 11) is -3.81. The molecule has 0 aromatic heterocycles. The molecule has 1 aliphatic heterocycles. The number of sulfonamides is 1. The van der Waals surface area contributed by atoms with Gasteiger partial charge >= 0.3 is 0 Å². The van der Waals surface area contributed by atoms with E-state index in [1.165, 1.54) is 0 Å². The molecule has 1 aromatic carbocycles. The van der Waals surface area contributed by atoms with Crippen LogP contribution in [0.15, 0.2) is 41.3 Å². The SMILES string of the molecule is C=C1CN(S(=O)(=O)c2ccc(C)cc2)C(=O)CC2(CCCC2)C1. The lowest BCUT2D eigenvalue weighted by Crippen LogP contribution is -2.37. The maximum absolute atomic E-state index is 12.9. The Morgan fingerprint density at radius 2 is 1.70 bits per heavy atom. The minimum Gasteiger partial charge on any atom is -0.274 e. The monoisotopic (exact) mass is 333 g/mol. The van der Waals surface area contributed by atoms with Gasteiger partial charge in [-0.05, 0) is 43.7 Å². The topological polar surface area (TPSA) is 54.5 Å². The molecular weight excluding hydrogens is 310 g/mol. The van der Waals surface area contributed by atoms with Crippen LogP contribution < -0.4 is 0 Å². The van der Waals surface area contributed by atoms with Crippen LogP contribution in [0.3, 0.4) is 0 Å². The number of nitrogens with zero attached hydrogens (tertiary/aromatic N) is 1. The fourth-order valence-corrected chi connectivity index (χ4v) is 5.30. The van der Waals surface area contributed by atoms with Crippen molar-refractivity contribution in [2.24, 2.45) is 5.41 Å². The Kier molecular flexibility index (Phi) is 4.08. The predicted octanol–water partition coefficient (Wildman–Crippen LogP) is 3.42. The van der Waals surface area contributed by atoms with Crippen molar-refractivity contribution in [2.75, 3.05) is 6.54 Å². The first-order chi connectivity index (χ1) is 10.8. The summed E-state index contributed by atoms with van der Waals surface area (Å²) in [5, 5.41) is 0. The normalized spacial score (nSPS) is 21.7. The van der Waals surface area contributed by atoms with Crippen molar-refractivity contribution < 1.29 is 13.2 Å². The molecule has 1 aliphatic carbocycles. The van der Waals surface area contributed by atoms with E-state index in [2.05, 4.69) is 6.58 Å². The van der Waals surface area contributed by atoms with Crippen LogP contribution in [0.1, 0.15) is 44.1 Å². The van der Waals surface area contributed by atoms with Gasteiger partial charge in [0.05, 0.1) is 11.4 Å². The highest BCUT2D eigenvalue weighted by Crippen LogP contribution is 2.47. The van der Waals surface area contributed by atoms with E-state index < -0.39 is 10.0 Å². The average Bonchev–Trinajstić information content (AvgIpc) is 2.87. The summed E-state index contributed by atoms with van der Waals surface area (Å²) in [5.41, 5.74) is 1.76. The summed E-state index contributed by atoms with van der Waals surface area (Å²) in [6, 6.07) is 6.64. The Labute approximate surface area is 138 Å². The first-order valence-electron chi connectivity index (χ1n) is 8.11. The van der Waals surface area contributed by atoms with Crippen LogP contribution >= 0.6 is 0 Å². The Hall–Kier alpha value is -1.62. The highest BCUT2D eigenvalue weighted by molar-refractivity contribution is 7.89. The van der Waals surface area contributed by atoms with E-state index in [1.54, 1.807) is 24.3 Å². The lowest BCUT2D eigenvalue weighted by molar-refractivity contribution is -0.127. The van der Waals surface area contributed by atoms with E-state index in [0.29, 0.717) is 6.42 Å². The van der Waals surface area contributed by atoms with E-state index in [-0.39, 0.29) is 22.8 Å². The number of carbonyl (C=O) groups excluding carboxylic acids is 1. The fourth-order valence-electron chi connectivity index (χ4n) is 3.88. The molecule has 23 heavy (non-hydrogen) atoms. The Balaban J connectivity index is 1.93. The highest BCUT2D eigenvalue weighted by Gasteiger charge is 2.43. The number of carbonyl (C=O) groups is 1. The van der Waals surface area contributed by atoms with Crippen LogP contribution in [0, 0.1) is 12.3 Å². The van der Waals surface area contributed by atoms with Crippen molar-refractivity contribution in [1.29, 1.82) is 0 Å². The molecule has 0 N–H and O–H groups in total. The first-order valence-corrected chi connectivity index (χ1v) is 9.55. The van der Waals surface area contributed by atoms with Gasteiger partial charge in [0.1, 0.15) is 0 Å². The van der Waals surface area contributed by atoms with Crippen molar-refractivity contribution >= 4 is 15.9 Å². The molecule has 2 fully saturated rings. The lowest BCUT2D eigenvalue weighted by atomic mass is 9.78. The number of rotatable bonds is 2. The van der Waals surface area contributed by atoms with Gasteiger partial charge in [-0.1, -0.05) is 42.7 Å². The van der Waals surface area contributed by atoms with E-state index in [9.17, 15) is 13.2 Å². The van der Waals surface area contributed by atoms with Crippen LogP contribution in [-0.2, 0) is 14.8 Å². The zero-order valence-corrected chi connectivity index (χ0v) is 14.4. The van der Waals surface area contributed by atoms with Crippen LogP contribution in [0.5, 0.6) is 0 Å². The maximum atomic E-state index is 12.9. The van der Waals surface area contributed by atoms with Gasteiger partial charge in [-0.3, -0.25) is 4.79 Å². The predicted molar refractivity (Wildman–Crippen MR) is 89.4 cm³/mol. The van der Waals surface area contributed by atoms with Crippen LogP contribution in [0.25, 0.3) is 0 Å². The average molecular weight is 333 g/mol. The molecule has 4 nitrogen and oxygen atoms in total. The largest absolute Gasteiger partial charge is 0.274 e. The number of benzene rings is 1. The van der Waals surface area contributed by atoms with Gasteiger partial charge < -0.3 is 0 Å². The van der Waals surface area contributed by atoms with E-state index >= 15 is 0 Å². The summed E-state index contributed by atoms with van der Waals surface area (Å²) in [4.78, 5) is 12.9. The molecule has 1 saturated heterocycles. The van der Waals surface area contributed by atoms with E-state index in [1.807, 2.05) is 6.92 Å². The van der Waals surface area contributed by atoms with Gasteiger partial charge in [0.2, 0.25) is 5.91 Å². The van der Waals surface area contributed by atoms with Crippen molar-refractivity contribution in [3.63, 3.8) is 0 Å². The molecule has 1 aromatic rings. The third-order valence-corrected chi connectivity index (χ3v) is 6.85. The first kappa shape index (κ1) is 16.2. The fraction of sp³-hybridized carbons (Fsp3) is 0.500. The minimum atomic E-state index is -3.81. The van der Waals surface area contributed by atoms with Gasteiger partial charge in [-0.25, -0.2) is 12.7 Å². The number of aryl methyl sites for hydroxylation is 1. The van der Waals surface area contributed by atoms with Gasteiger partial charge in [0.25, 0.3) is 10.0 Å². The third kappa shape index (κ3) is 3.07. The number of amides is 1. The number of hydrogen-bond donors (Lipinski definition) is 0. The van der Waals surface area contributed by atoms with E-state index in [4.69, 9.17) is 0 Å². The molecule has 1 heterocycles. The molecule has 0 unspecified atom stereocenters. The standard InChI is InChI=1S/C18H23NO3S/c1-14-5-7-16(8-6-14)23(21,22)19-13-15(2)11-18(12-17(19)20)9-3-4-10-18/h5-8H,2-4,9-13H2,1H3. The van der Waals surface area contributed by atoms with Crippen molar-refractivity contribution in [2.45, 2.75) is 50.3 Å². The second kappa shape index (κ2) is 5.78. The summed E-state index contributed by atoms with van der Waals surface area (Å²) in [5.74, 6) is -0.286. The highest BCUT2D eigenvalue weighted by atomic mass is 32.2. The van der Waals surface area contributed by atoms with Crippen LogP contribution in [0.4, 0.5) is 0 Å². The summed E-state index contributed by atoms with van der Waals surface area (Å²) in [6.07, 6.45) is 5.30. The van der Waals surface area contributed by atoms with Gasteiger partial charge in [0.15, 0.2) is 0 Å². The molecule has 3 rings (SSSR count). The second-order valence-electron chi connectivity index (χ2n) is 7.03. The summed E-state index contributed by atoms with van der Waals surface area (Å²) in [6.45, 7) is 6.05. The molecule has 0 atom stereocenters. The Morgan fingerprint density at radius 1 is 1.09 bits per heavy atom. The van der Waals surface area contributed by atoms with E-state index in [0.717, 1.165) is 47.5 Å². The van der Waals surface area contributed by atoms with Crippen molar-refractivity contribution in [3.8, 4) is 0 Å². The molecular formula is C18H23NO3S. The second-order valence-corrected chi connectivity index (χ2v) is 8.89. The quantitative estimate of drug-likeness (QED) is 0.779. The molecule has 1 saturated carbocycles. The molecule has 1 amide bonds. The van der Waals surface area contributed by atoms with Crippen LogP contribution in [0.2, 0.25) is 0 Å². The van der Waals surface area contributed by atoms with Crippen molar-refractivity contribution in [1.82, 2.24) is 4.31 Å². The zero-order chi connectivity index (χ0) is 16.7. The van der Waals surface area contributed by atoms with Gasteiger partial charge in [0, 0.05) is 6.42 Å². The third-order valence-electron chi connectivity index (χ3n) is 5.07. The van der Waals surface area contributed by atoms with Gasteiger partial charge in [-0.2, -0.15) is 0 Å². The van der Waals surface area contributed by atoms with Crippen LogP contribution in [-0.4, -0.2) is 25.2 Å². The molecule has 0 radical (unpaired) electrons. The maximum Gasteiger partial charge on any atom is 0.266 e. The Morgan fingerprint density at radius 3 is 2.30 bits per heavy atom. The summed E-state index contributed by atoms with van der Waals surface area (Å²) < 4.78 is 26.8. The molecule has 2 aliphatic rings. The summed E-state index contributed by atoms with van der Waals surface area (Å²) >= 11 is 0. The Bertz CT molecular complexity index is 728. The molecule has 1 spiro atoms. The molecule has 124 valence electrons. The number of hydrogen-bond acceptors (Lipinski definition) is 3. The van der Waals surface area contributed by atoms with Crippen molar-refractivity contribution in [3.05, 3.63) is 42.0 Å². The zero-order valence-electron chi connectivity index (χ0n) is 13.5. The smallest absolute Gasteiger partial charge is 0.266 e. The molecule has 0 bridgehead atoms.